The number of hydrogen-bond acceptors (Lipinski definition) is 2. The maximum Gasteiger partial charge on any atom is 0.253 e. The van der Waals surface area contributed by atoms with Crippen molar-refractivity contribution in [1.29, 1.82) is 0 Å². The molecule has 0 bridgehead atoms. The van der Waals surface area contributed by atoms with Gasteiger partial charge in [-0.25, -0.2) is 0 Å². The second-order valence-electron chi connectivity index (χ2n) is 5.13. The van der Waals surface area contributed by atoms with E-state index < -0.39 is 0 Å². The summed E-state index contributed by atoms with van der Waals surface area (Å²) in [6, 6.07) is 5.52. The molecule has 18 heavy (non-hydrogen) atoms. The molecule has 4 heteroatoms. The molecule has 1 aromatic carbocycles. The lowest BCUT2D eigenvalue weighted by atomic mass is 10.0. The molecule has 0 aromatic heterocycles. The highest BCUT2D eigenvalue weighted by Gasteiger charge is 2.18. The number of anilines is 1. The molecule has 0 aliphatic rings. The van der Waals surface area contributed by atoms with Crippen LogP contribution < -0.4 is 5.73 Å². The largest absolute Gasteiger partial charge is 0.398 e. The van der Waals surface area contributed by atoms with Crippen LogP contribution in [0.4, 0.5) is 5.69 Å². The van der Waals surface area contributed by atoms with Gasteiger partial charge >= 0.3 is 0 Å². The highest BCUT2D eigenvalue weighted by molar-refractivity contribution is 9.10. The van der Waals surface area contributed by atoms with Gasteiger partial charge in [0.1, 0.15) is 0 Å². The number of hydrogen-bond donors (Lipinski definition) is 1. The van der Waals surface area contributed by atoms with Gasteiger partial charge in [-0.3, -0.25) is 4.79 Å². The Morgan fingerprint density at radius 3 is 2.50 bits per heavy atom. The van der Waals surface area contributed by atoms with Gasteiger partial charge in [0.15, 0.2) is 0 Å². The fourth-order valence-corrected chi connectivity index (χ4v) is 2.28. The van der Waals surface area contributed by atoms with Crippen molar-refractivity contribution in [2.24, 2.45) is 5.92 Å². The van der Waals surface area contributed by atoms with E-state index in [4.69, 9.17) is 5.73 Å². The van der Waals surface area contributed by atoms with E-state index in [2.05, 4.69) is 36.7 Å². The predicted octanol–water partition coefficient (Wildman–Crippen LogP) is 3.54. The van der Waals surface area contributed by atoms with Gasteiger partial charge in [-0.1, -0.05) is 13.8 Å². The summed E-state index contributed by atoms with van der Waals surface area (Å²) < 4.78 is 0.762. The minimum atomic E-state index is 0.0313. The van der Waals surface area contributed by atoms with Gasteiger partial charge in [-0.2, -0.15) is 0 Å². The van der Waals surface area contributed by atoms with Gasteiger partial charge < -0.3 is 10.6 Å². The van der Waals surface area contributed by atoms with Crippen LogP contribution in [-0.4, -0.2) is 23.9 Å². The average Bonchev–Trinajstić information content (AvgIpc) is 2.30. The smallest absolute Gasteiger partial charge is 0.253 e. The summed E-state index contributed by atoms with van der Waals surface area (Å²) in [5.74, 6) is 0.609. The molecule has 2 N–H and O–H groups in total. The van der Waals surface area contributed by atoms with Gasteiger partial charge in [-0.15, -0.1) is 0 Å². The normalized spacial score (nSPS) is 12.6. The summed E-state index contributed by atoms with van der Waals surface area (Å²) in [5.41, 5.74) is 7.02. The van der Waals surface area contributed by atoms with Crippen LogP contribution in [0.5, 0.6) is 0 Å². The molecule has 100 valence electrons. The molecule has 0 heterocycles. The first-order valence-corrected chi connectivity index (χ1v) is 6.94. The number of nitrogens with zero attached hydrogens (tertiary/aromatic N) is 1. The average molecular weight is 313 g/mol. The first-order chi connectivity index (χ1) is 8.32. The standard InChI is InChI=1S/C14H21BrN2O/c1-9(2)7-10(3)17(4)14(18)11-5-6-13(16)12(15)8-11/h5-6,8-10H,7,16H2,1-4H3. The van der Waals surface area contributed by atoms with Crippen molar-refractivity contribution >= 4 is 27.5 Å². The van der Waals surface area contributed by atoms with Crippen molar-refractivity contribution in [1.82, 2.24) is 4.90 Å². The van der Waals surface area contributed by atoms with Crippen LogP contribution in [0.1, 0.15) is 37.6 Å². The highest BCUT2D eigenvalue weighted by atomic mass is 79.9. The van der Waals surface area contributed by atoms with Crippen molar-refractivity contribution in [2.75, 3.05) is 12.8 Å². The molecular formula is C14H21BrN2O. The van der Waals surface area contributed by atoms with E-state index in [0.717, 1.165) is 10.9 Å². The number of nitrogen functional groups attached to an aromatic ring is 1. The Morgan fingerprint density at radius 2 is 2.00 bits per heavy atom. The zero-order valence-electron chi connectivity index (χ0n) is 11.4. The lowest BCUT2D eigenvalue weighted by Gasteiger charge is -2.26. The number of nitrogens with two attached hydrogens (primary N) is 1. The fraction of sp³-hybridized carbons (Fsp3) is 0.500. The van der Waals surface area contributed by atoms with Crippen LogP contribution >= 0.6 is 15.9 Å². The highest BCUT2D eigenvalue weighted by Crippen LogP contribution is 2.22. The fourth-order valence-electron chi connectivity index (χ4n) is 1.90. The topological polar surface area (TPSA) is 46.3 Å². The van der Waals surface area contributed by atoms with Crippen molar-refractivity contribution < 1.29 is 4.79 Å². The Kier molecular flexibility index (Phi) is 5.20. The van der Waals surface area contributed by atoms with Crippen LogP contribution in [-0.2, 0) is 0 Å². The predicted molar refractivity (Wildman–Crippen MR) is 79.6 cm³/mol. The summed E-state index contributed by atoms with van der Waals surface area (Å²) in [5, 5.41) is 0. The molecule has 1 aromatic rings. The minimum Gasteiger partial charge on any atom is -0.398 e. The van der Waals surface area contributed by atoms with Crippen molar-refractivity contribution in [3.63, 3.8) is 0 Å². The Bertz CT molecular complexity index is 432. The van der Waals surface area contributed by atoms with E-state index in [1.807, 2.05) is 7.05 Å². The summed E-state index contributed by atoms with van der Waals surface area (Å²) in [6.07, 6.45) is 0.998. The molecule has 1 amide bonds. The molecule has 3 nitrogen and oxygen atoms in total. The van der Waals surface area contributed by atoms with Crippen LogP contribution in [0.25, 0.3) is 0 Å². The van der Waals surface area contributed by atoms with E-state index >= 15 is 0 Å². The number of rotatable bonds is 4. The summed E-state index contributed by atoms with van der Waals surface area (Å²) in [6.45, 7) is 6.40. The van der Waals surface area contributed by atoms with E-state index in [9.17, 15) is 4.79 Å². The molecule has 0 saturated carbocycles. The third-order valence-corrected chi connectivity index (χ3v) is 3.73. The Labute approximate surface area is 117 Å². The summed E-state index contributed by atoms with van der Waals surface area (Å²) in [7, 11) is 1.85. The molecule has 0 saturated heterocycles. The third-order valence-electron chi connectivity index (χ3n) is 3.04. The second kappa shape index (κ2) is 6.23. The maximum atomic E-state index is 12.3. The Balaban J connectivity index is 2.82. The quantitative estimate of drug-likeness (QED) is 0.864. The summed E-state index contributed by atoms with van der Waals surface area (Å²) >= 11 is 3.35. The molecule has 1 atom stereocenters. The lowest BCUT2D eigenvalue weighted by Crippen LogP contribution is -2.35. The molecular weight excluding hydrogens is 292 g/mol. The van der Waals surface area contributed by atoms with E-state index in [1.54, 1.807) is 23.1 Å². The summed E-state index contributed by atoms with van der Waals surface area (Å²) in [4.78, 5) is 14.1. The van der Waals surface area contributed by atoms with Crippen molar-refractivity contribution in [2.45, 2.75) is 33.2 Å². The Morgan fingerprint density at radius 1 is 1.39 bits per heavy atom. The van der Waals surface area contributed by atoms with E-state index in [0.29, 0.717) is 17.2 Å². The van der Waals surface area contributed by atoms with E-state index in [-0.39, 0.29) is 11.9 Å². The van der Waals surface area contributed by atoms with Crippen LogP contribution in [0.15, 0.2) is 22.7 Å². The first-order valence-electron chi connectivity index (χ1n) is 6.15. The lowest BCUT2D eigenvalue weighted by molar-refractivity contribution is 0.0728. The molecule has 1 rings (SSSR count). The first kappa shape index (κ1) is 15.0. The number of amides is 1. The molecule has 0 aliphatic heterocycles. The number of carbonyl (C=O) groups is 1. The molecule has 1 unspecified atom stereocenters. The number of benzene rings is 1. The second-order valence-corrected chi connectivity index (χ2v) is 5.99. The minimum absolute atomic E-state index is 0.0313. The zero-order chi connectivity index (χ0) is 13.9. The van der Waals surface area contributed by atoms with E-state index in [1.165, 1.54) is 0 Å². The van der Waals surface area contributed by atoms with Gasteiger partial charge in [0.05, 0.1) is 0 Å². The SMILES string of the molecule is CC(C)CC(C)N(C)C(=O)c1ccc(N)c(Br)c1. The number of halogens is 1. The van der Waals surface area contributed by atoms with Gasteiger partial charge in [0.25, 0.3) is 5.91 Å². The zero-order valence-corrected chi connectivity index (χ0v) is 13.0. The van der Waals surface area contributed by atoms with Crippen molar-refractivity contribution in [3.8, 4) is 0 Å². The van der Waals surface area contributed by atoms with Gasteiger partial charge in [0.2, 0.25) is 0 Å². The molecule has 0 fully saturated rings. The maximum absolute atomic E-state index is 12.3. The van der Waals surface area contributed by atoms with Crippen LogP contribution in [0.3, 0.4) is 0 Å². The number of carbonyl (C=O) groups excluding carboxylic acids is 1. The Hall–Kier alpha value is -1.03. The molecule has 0 aliphatic carbocycles. The monoisotopic (exact) mass is 312 g/mol. The van der Waals surface area contributed by atoms with Crippen molar-refractivity contribution in [3.05, 3.63) is 28.2 Å². The molecule has 0 spiro atoms. The van der Waals surface area contributed by atoms with Gasteiger partial charge in [-0.05, 0) is 53.4 Å². The van der Waals surface area contributed by atoms with Gasteiger partial charge in [0, 0.05) is 28.8 Å². The molecule has 0 radical (unpaired) electrons. The third kappa shape index (κ3) is 3.73. The van der Waals surface area contributed by atoms with Crippen LogP contribution in [0, 0.1) is 5.92 Å². The van der Waals surface area contributed by atoms with Crippen LogP contribution in [0.2, 0.25) is 0 Å².